The van der Waals surface area contributed by atoms with Crippen molar-refractivity contribution >= 4 is 17.4 Å². The van der Waals surface area contributed by atoms with Crippen LogP contribution in [0, 0.1) is 12.8 Å². The minimum Gasteiger partial charge on any atom is -0.315 e. The molecule has 0 aliphatic heterocycles. The molecule has 1 aliphatic rings. The molecule has 0 bridgehead atoms. The number of ketones is 1. The first-order valence-corrected chi connectivity index (χ1v) is 12.2. The SMILES string of the molecule is Cc1cccc(CC(CC(=O)Cn2nc(C(F)(F)F)c3c2CCCC3)C(=O)N(C)c2ccccc2)c1. The van der Waals surface area contributed by atoms with Crippen LogP contribution >= 0.6 is 0 Å². The highest BCUT2D eigenvalue weighted by molar-refractivity contribution is 5.97. The van der Waals surface area contributed by atoms with Crippen LogP contribution < -0.4 is 4.90 Å². The smallest absolute Gasteiger partial charge is 0.315 e. The first-order chi connectivity index (χ1) is 17.1. The number of benzene rings is 2. The molecule has 1 amide bonds. The summed E-state index contributed by atoms with van der Waals surface area (Å²) in [6, 6.07) is 16.9. The van der Waals surface area contributed by atoms with E-state index in [1.165, 1.54) is 9.58 Å². The van der Waals surface area contributed by atoms with Crippen molar-refractivity contribution in [3.63, 3.8) is 0 Å². The normalized spacial score (nSPS) is 14.2. The van der Waals surface area contributed by atoms with Gasteiger partial charge in [-0.3, -0.25) is 14.3 Å². The molecule has 0 saturated heterocycles. The zero-order chi connectivity index (χ0) is 25.9. The first-order valence-electron chi connectivity index (χ1n) is 12.2. The van der Waals surface area contributed by atoms with Crippen LogP contribution in [-0.2, 0) is 41.6 Å². The maximum absolute atomic E-state index is 13.6. The van der Waals surface area contributed by atoms with Gasteiger partial charge in [0.2, 0.25) is 5.91 Å². The summed E-state index contributed by atoms with van der Waals surface area (Å²) in [6.45, 7) is 1.69. The van der Waals surface area contributed by atoms with Crippen LogP contribution in [0.25, 0.3) is 0 Å². The van der Waals surface area contributed by atoms with E-state index < -0.39 is 17.8 Å². The highest BCUT2D eigenvalue weighted by Gasteiger charge is 2.39. The summed E-state index contributed by atoms with van der Waals surface area (Å²) in [6.07, 6.45) is -2.07. The maximum atomic E-state index is 13.6. The number of alkyl halides is 3. The fourth-order valence-corrected chi connectivity index (χ4v) is 4.96. The van der Waals surface area contributed by atoms with E-state index in [2.05, 4.69) is 5.10 Å². The summed E-state index contributed by atoms with van der Waals surface area (Å²) < 4.78 is 41.9. The summed E-state index contributed by atoms with van der Waals surface area (Å²) in [5, 5.41) is 3.81. The highest BCUT2D eigenvalue weighted by atomic mass is 19.4. The van der Waals surface area contributed by atoms with Crippen molar-refractivity contribution in [3.8, 4) is 0 Å². The number of amides is 1. The van der Waals surface area contributed by atoms with Gasteiger partial charge >= 0.3 is 6.18 Å². The van der Waals surface area contributed by atoms with Gasteiger partial charge in [-0.2, -0.15) is 18.3 Å². The van der Waals surface area contributed by atoms with Crippen molar-refractivity contribution < 1.29 is 22.8 Å². The average molecular weight is 498 g/mol. The van der Waals surface area contributed by atoms with Gasteiger partial charge in [0.1, 0.15) is 0 Å². The van der Waals surface area contributed by atoms with Gasteiger partial charge in [0, 0.05) is 36.3 Å². The van der Waals surface area contributed by atoms with Crippen LogP contribution in [0.5, 0.6) is 0 Å². The van der Waals surface area contributed by atoms with E-state index in [-0.39, 0.29) is 30.2 Å². The average Bonchev–Trinajstić information content (AvgIpc) is 3.22. The Kier molecular flexibility index (Phi) is 7.62. The number of Topliss-reactive ketones (excluding diaryl/α,β-unsaturated/α-hetero) is 1. The van der Waals surface area contributed by atoms with E-state index in [0.717, 1.165) is 17.5 Å². The molecule has 5 nitrogen and oxygen atoms in total. The Morgan fingerprint density at radius 1 is 1.06 bits per heavy atom. The zero-order valence-corrected chi connectivity index (χ0v) is 20.5. The molecule has 36 heavy (non-hydrogen) atoms. The van der Waals surface area contributed by atoms with Crippen LogP contribution in [0.4, 0.5) is 18.9 Å². The predicted molar refractivity (Wildman–Crippen MR) is 132 cm³/mol. The molecular formula is C28H30F3N3O2. The molecule has 0 saturated carbocycles. The summed E-state index contributed by atoms with van der Waals surface area (Å²) in [7, 11) is 1.67. The summed E-state index contributed by atoms with van der Waals surface area (Å²) in [5.74, 6) is -1.18. The van der Waals surface area contributed by atoms with Gasteiger partial charge in [0.25, 0.3) is 0 Å². The molecule has 1 unspecified atom stereocenters. The van der Waals surface area contributed by atoms with Gasteiger partial charge in [0.05, 0.1) is 6.54 Å². The van der Waals surface area contributed by atoms with Gasteiger partial charge in [-0.15, -0.1) is 0 Å². The lowest BCUT2D eigenvalue weighted by molar-refractivity contribution is -0.142. The van der Waals surface area contributed by atoms with Crippen molar-refractivity contribution in [2.45, 2.75) is 58.2 Å². The quantitative estimate of drug-likeness (QED) is 0.409. The van der Waals surface area contributed by atoms with Crippen molar-refractivity contribution in [1.82, 2.24) is 9.78 Å². The molecule has 0 radical (unpaired) electrons. The Labute approximate surface area is 208 Å². The Morgan fingerprint density at radius 3 is 2.47 bits per heavy atom. The lowest BCUT2D eigenvalue weighted by atomic mass is 9.92. The zero-order valence-electron chi connectivity index (χ0n) is 20.5. The lowest BCUT2D eigenvalue weighted by Crippen LogP contribution is -2.35. The van der Waals surface area contributed by atoms with E-state index >= 15 is 0 Å². The van der Waals surface area contributed by atoms with Crippen molar-refractivity contribution in [2.24, 2.45) is 5.92 Å². The van der Waals surface area contributed by atoms with Gasteiger partial charge in [-0.25, -0.2) is 0 Å². The van der Waals surface area contributed by atoms with E-state index in [1.807, 2.05) is 61.5 Å². The van der Waals surface area contributed by atoms with Crippen molar-refractivity contribution in [1.29, 1.82) is 0 Å². The Hall–Kier alpha value is -3.42. The summed E-state index contributed by atoms with van der Waals surface area (Å²) in [5.41, 5.74) is 2.49. The largest absolute Gasteiger partial charge is 0.435 e. The molecule has 1 heterocycles. The number of hydrogen-bond acceptors (Lipinski definition) is 3. The maximum Gasteiger partial charge on any atom is 0.435 e. The van der Waals surface area contributed by atoms with Gasteiger partial charge in [-0.1, -0.05) is 48.0 Å². The van der Waals surface area contributed by atoms with Gasteiger partial charge < -0.3 is 4.90 Å². The molecule has 1 aliphatic carbocycles. The fourth-order valence-electron chi connectivity index (χ4n) is 4.96. The number of aryl methyl sites for hydroxylation is 1. The molecular weight excluding hydrogens is 467 g/mol. The Bertz CT molecular complexity index is 1230. The molecule has 0 N–H and O–H groups in total. The molecule has 2 aromatic carbocycles. The molecule has 190 valence electrons. The van der Waals surface area contributed by atoms with Crippen molar-refractivity contribution in [2.75, 3.05) is 11.9 Å². The van der Waals surface area contributed by atoms with Crippen molar-refractivity contribution in [3.05, 3.63) is 82.7 Å². The van der Waals surface area contributed by atoms with Crippen LogP contribution in [0.1, 0.15) is 47.3 Å². The number of aromatic nitrogens is 2. The highest BCUT2D eigenvalue weighted by Crippen LogP contribution is 2.36. The molecule has 0 fully saturated rings. The topological polar surface area (TPSA) is 55.2 Å². The second kappa shape index (κ2) is 10.7. The molecule has 1 aromatic heterocycles. The van der Waals surface area contributed by atoms with Crippen LogP contribution in [0.15, 0.2) is 54.6 Å². The summed E-state index contributed by atoms with van der Waals surface area (Å²) >= 11 is 0. The molecule has 1 atom stereocenters. The number of carbonyl (C=O) groups is 2. The second-order valence-electron chi connectivity index (χ2n) is 9.50. The van der Waals surface area contributed by atoms with Crippen LogP contribution in [-0.4, -0.2) is 28.5 Å². The van der Waals surface area contributed by atoms with E-state index in [0.29, 0.717) is 37.1 Å². The van der Waals surface area contributed by atoms with E-state index in [9.17, 15) is 22.8 Å². The third kappa shape index (κ3) is 5.86. The van der Waals surface area contributed by atoms with Gasteiger partial charge in [-0.05, 0) is 56.7 Å². The number of hydrogen-bond donors (Lipinski definition) is 0. The van der Waals surface area contributed by atoms with Gasteiger partial charge in [0.15, 0.2) is 11.5 Å². The minimum atomic E-state index is -4.56. The van der Waals surface area contributed by atoms with Crippen LogP contribution in [0.2, 0.25) is 0 Å². The summed E-state index contributed by atoms with van der Waals surface area (Å²) in [4.78, 5) is 28.2. The Morgan fingerprint density at radius 2 is 1.78 bits per heavy atom. The minimum absolute atomic E-state index is 0.0834. The Balaban J connectivity index is 1.57. The third-order valence-corrected chi connectivity index (χ3v) is 6.71. The molecule has 8 heteroatoms. The first kappa shape index (κ1) is 25.7. The third-order valence-electron chi connectivity index (χ3n) is 6.71. The molecule has 3 aromatic rings. The molecule has 4 rings (SSSR count). The fraction of sp³-hybridized carbons (Fsp3) is 0.393. The standard InChI is InChI=1S/C28H30F3N3O2/c1-19-9-8-10-20(15-19)16-21(27(36)33(2)22-11-4-3-5-12-22)17-23(35)18-34-25-14-7-6-13-24(25)26(32-34)28(29,30)31/h3-5,8-12,15,21H,6-7,13-14,16-18H2,1-2H3. The number of anilines is 1. The second-order valence-corrected chi connectivity index (χ2v) is 9.50. The van der Waals surface area contributed by atoms with E-state index in [4.69, 9.17) is 0 Å². The van der Waals surface area contributed by atoms with E-state index in [1.54, 1.807) is 7.05 Å². The lowest BCUT2D eigenvalue weighted by Gasteiger charge is -2.24. The predicted octanol–water partition coefficient (Wildman–Crippen LogP) is 5.57. The number of nitrogens with zero attached hydrogens (tertiary/aromatic N) is 3. The number of carbonyl (C=O) groups excluding carboxylic acids is 2. The molecule has 0 spiro atoms. The number of rotatable bonds is 8. The number of para-hydroxylation sites is 1. The number of halogens is 3. The monoisotopic (exact) mass is 497 g/mol. The van der Waals surface area contributed by atoms with Crippen LogP contribution in [0.3, 0.4) is 0 Å². The number of fused-ring (bicyclic) bond motifs is 1.